The van der Waals surface area contributed by atoms with Crippen molar-refractivity contribution in [2.75, 3.05) is 0 Å². The van der Waals surface area contributed by atoms with Crippen LogP contribution >= 0.6 is 15.9 Å². The predicted octanol–water partition coefficient (Wildman–Crippen LogP) is 5.71. The van der Waals surface area contributed by atoms with Gasteiger partial charge in [0, 0.05) is 4.47 Å². The third-order valence-corrected chi connectivity index (χ3v) is 5.75. The molecule has 21 heavy (non-hydrogen) atoms. The van der Waals surface area contributed by atoms with Gasteiger partial charge in [0.05, 0.1) is 6.10 Å². The third-order valence-electron chi connectivity index (χ3n) is 5.25. The molecule has 0 saturated heterocycles. The number of fused-ring (bicyclic) bond motifs is 1. The molecule has 0 aliphatic heterocycles. The molecule has 4 unspecified atom stereocenters. The molecule has 2 heteroatoms. The van der Waals surface area contributed by atoms with Crippen molar-refractivity contribution in [2.45, 2.75) is 39.2 Å². The van der Waals surface area contributed by atoms with Gasteiger partial charge in [0.1, 0.15) is 0 Å². The molecule has 2 aromatic rings. The van der Waals surface area contributed by atoms with Crippen LogP contribution in [0, 0.1) is 17.8 Å². The second-order valence-corrected chi connectivity index (χ2v) is 7.64. The van der Waals surface area contributed by atoms with Crippen LogP contribution < -0.4 is 0 Å². The SMILES string of the molecule is CC1CCC(C(O)c2ccc3cc(Br)ccc3c2)CC1C. The summed E-state index contributed by atoms with van der Waals surface area (Å²) in [7, 11) is 0. The van der Waals surface area contributed by atoms with E-state index in [0.717, 1.165) is 34.7 Å². The average molecular weight is 347 g/mol. The summed E-state index contributed by atoms with van der Waals surface area (Å²) in [6.07, 6.45) is 3.20. The van der Waals surface area contributed by atoms with Gasteiger partial charge in [-0.25, -0.2) is 0 Å². The molecular formula is C19H23BrO. The summed E-state index contributed by atoms with van der Waals surface area (Å²) in [5.74, 6) is 1.92. The fraction of sp³-hybridized carbons (Fsp3) is 0.474. The number of aliphatic hydroxyl groups excluding tert-OH is 1. The molecule has 1 fully saturated rings. The van der Waals surface area contributed by atoms with Crippen LogP contribution in [0.4, 0.5) is 0 Å². The minimum Gasteiger partial charge on any atom is -0.388 e. The minimum absolute atomic E-state index is 0.326. The van der Waals surface area contributed by atoms with E-state index in [1.54, 1.807) is 0 Å². The summed E-state index contributed by atoms with van der Waals surface area (Å²) in [4.78, 5) is 0. The van der Waals surface area contributed by atoms with Crippen molar-refractivity contribution in [1.82, 2.24) is 0 Å². The van der Waals surface area contributed by atoms with Crippen molar-refractivity contribution in [2.24, 2.45) is 17.8 Å². The Labute approximate surface area is 135 Å². The highest BCUT2D eigenvalue weighted by Crippen LogP contribution is 2.40. The quantitative estimate of drug-likeness (QED) is 0.738. The monoisotopic (exact) mass is 346 g/mol. The number of benzene rings is 2. The van der Waals surface area contributed by atoms with Crippen LogP contribution in [0.2, 0.25) is 0 Å². The number of halogens is 1. The lowest BCUT2D eigenvalue weighted by Gasteiger charge is -2.34. The molecule has 0 spiro atoms. The molecule has 1 aliphatic rings. The van der Waals surface area contributed by atoms with Gasteiger partial charge in [0.25, 0.3) is 0 Å². The van der Waals surface area contributed by atoms with Gasteiger partial charge >= 0.3 is 0 Å². The van der Waals surface area contributed by atoms with Crippen molar-refractivity contribution in [1.29, 1.82) is 0 Å². The average Bonchev–Trinajstić information content (AvgIpc) is 2.49. The fourth-order valence-electron chi connectivity index (χ4n) is 3.57. The highest BCUT2D eigenvalue weighted by atomic mass is 79.9. The molecule has 1 aliphatic carbocycles. The van der Waals surface area contributed by atoms with Crippen LogP contribution in [0.15, 0.2) is 40.9 Å². The Balaban J connectivity index is 1.84. The van der Waals surface area contributed by atoms with Crippen LogP contribution in [0.5, 0.6) is 0 Å². The van der Waals surface area contributed by atoms with Gasteiger partial charge < -0.3 is 5.11 Å². The topological polar surface area (TPSA) is 20.2 Å². The molecule has 4 atom stereocenters. The highest BCUT2D eigenvalue weighted by molar-refractivity contribution is 9.10. The lowest BCUT2D eigenvalue weighted by Crippen LogP contribution is -2.25. The van der Waals surface area contributed by atoms with Gasteiger partial charge in [-0.05, 0) is 65.1 Å². The molecule has 112 valence electrons. The first kappa shape index (κ1) is 15.1. The van der Waals surface area contributed by atoms with Crippen molar-refractivity contribution in [3.63, 3.8) is 0 Å². The van der Waals surface area contributed by atoms with Crippen LogP contribution in [-0.2, 0) is 0 Å². The number of rotatable bonds is 2. The summed E-state index contributed by atoms with van der Waals surface area (Å²) >= 11 is 3.51. The zero-order valence-corrected chi connectivity index (χ0v) is 14.3. The zero-order valence-electron chi connectivity index (χ0n) is 12.7. The first-order chi connectivity index (χ1) is 10.0. The molecule has 2 aromatic carbocycles. The van der Waals surface area contributed by atoms with Crippen LogP contribution in [-0.4, -0.2) is 5.11 Å². The first-order valence-corrected chi connectivity index (χ1v) is 8.71. The molecule has 1 saturated carbocycles. The van der Waals surface area contributed by atoms with Crippen LogP contribution in [0.1, 0.15) is 44.8 Å². The fourth-order valence-corrected chi connectivity index (χ4v) is 3.95. The number of hydrogen-bond donors (Lipinski definition) is 1. The second kappa shape index (κ2) is 6.10. The second-order valence-electron chi connectivity index (χ2n) is 6.72. The van der Waals surface area contributed by atoms with Crippen LogP contribution in [0.25, 0.3) is 10.8 Å². The van der Waals surface area contributed by atoms with Gasteiger partial charge in [-0.1, -0.05) is 54.4 Å². The third kappa shape index (κ3) is 3.17. The van der Waals surface area contributed by atoms with Crippen molar-refractivity contribution in [3.8, 4) is 0 Å². The van der Waals surface area contributed by atoms with E-state index in [1.165, 1.54) is 17.2 Å². The van der Waals surface area contributed by atoms with Crippen molar-refractivity contribution in [3.05, 3.63) is 46.4 Å². The lowest BCUT2D eigenvalue weighted by atomic mass is 9.73. The van der Waals surface area contributed by atoms with E-state index in [1.807, 2.05) is 0 Å². The van der Waals surface area contributed by atoms with E-state index in [4.69, 9.17) is 0 Å². The Morgan fingerprint density at radius 1 is 1.00 bits per heavy atom. The summed E-state index contributed by atoms with van der Waals surface area (Å²) in [5, 5.41) is 13.2. The molecular weight excluding hydrogens is 324 g/mol. The van der Waals surface area contributed by atoms with E-state index in [-0.39, 0.29) is 6.10 Å². The summed E-state index contributed by atoms with van der Waals surface area (Å²) in [6, 6.07) is 12.6. The first-order valence-electron chi connectivity index (χ1n) is 7.92. The van der Waals surface area contributed by atoms with E-state index >= 15 is 0 Å². The van der Waals surface area contributed by atoms with E-state index in [0.29, 0.717) is 5.92 Å². The highest BCUT2D eigenvalue weighted by Gasteiger charge is 2.29. The maximum Gasteiger partial charge on any atom is 0.0818 e. The molecule has 3 rings (SSSR count). The zero-order chi connectivity index (χ0) is 15.0. The van der Waals surface area contributed by atoms with E-state index in [9.17, 15) is 5.11 Å². The largest absolute Gasteiger partial charge is 0.388 e. The number of aliphatic hydroxyl groups is 1. The van der Waals surface area contributed by atoms with Gasteiger partial charge in [-0.15, -0.1) is 0 Å². The molecule has 1 N–H and O–H groups in total. The Kier molecular flexibility index (Phi) is 4.37. The van der Waals surface area contributed by atoms with Gasteiger partial charge in [0.2, 0.25) is 0 Å². The maximum atomic E-state index is 10.8. The Morgan fingerprint density at radius 3 is 2.48 bits per heavy atom. The van der Waals surface area contributed by atoms with Crippen molar-refractivity contribution < 1.29 is 5.11 Å². The Hall–Kier alpha value is -0.860. The number of hydrogen-bond acceptors (Lipinski definition) is 1. The smallest absolute Gasteiger partial charge is 0.0818 e. The minimum atomic E-state index is -0.326. The predicted molar refractivity (Wildman–Crippen MR) is 92.3 cm³/mol. The van der Waals surface area contributed by atoms with Gasteiger partial charge in [-0.2, -0.15) is 0 Å². The molecule has 0 heterocycles. The molecule has 0 aromatic heterocycles. The van der Waals surface area contributed by atoms with Gasteiger partial charge in [-0.3, -0.25) is 0 Å². The van der Waals surface area contributed by atoms with Crippen LogP contribution in [0.3, 0.4) is 0 Å². The Bertz CT molecular complexity index is 636. The normalized spacial score (nSPS) is 27.7. The van der Waals surface area contributed by atoms with E-state index < -0.39 is 0 Å². The molecule has 0 bridgehead atoms. The van der Waals surface area contributed by atoms with Gasteiger partial charge in [0.15, 0.2) is 0 Å². The molecule has 0 amide bonds. The summed E-state index contributed by atoms with van der Waals surface area (Å²) in [5.41, 5.74) is 1.07. The summed E-state index contributed by atoms with van der Waals surface area (Å²) < 4.78 is 1.10. The summed E-state index contributed by atoms with van der Waals surface area (Å²) in [6.45, 7) is 4.66. The Morgan fingerprint density at radius 2 is 1.71 bits per heavy atom. The molecule has 0 radical (unpaired) electrons. The standard InChI is InChI=1S/C19H23BrO/c1-12-3-4-16(9-13(12)2)19(21)17-6-5-15-11-18(20)8-7-14(15)10-17/h5-8,10-13,16,19,21H,3-4,9H2,1-2H3. The van der Waals surface area contributed by atoms with E-state index in [2.05, 4.69) is 66.2 Å². The molecule has 1 nitrogen and oxygen atoms in total. The maximum absolute atomic E-state index is 10.8. The lowest BCUT2D eigenvalue weighted by molar-refractivity contribution is 0.0562. The van der Waals surface area contributed by atoms with Crippen molar-refractivity contribution >= 4 is 26.7 Å².